The molecule has 6 heteroatoms. The van der Waals surface area contributed by atoms with Crippen LogP contribution in [0.1, 0.15) is 11.7 Å². The molecular weight excluding hydrogens is 224 g/mol. The lowest BCUT2D eigenvalue weighted by molar-refractivity contribution is 0.0340. The maximum absolute atomic E-state index is 9.62. The van der Waals surface area contributed by atoms with Gasteiger partial charge in [-0.3, -0.25) is 0 Å². The summed E-state index contributed by atoms with van der Waals surface area (Å²) < 4.78 is 0. The molecule has 0 bridgehead atoms. The summed E-state index contributed by atoms with van der Waals surface area (Å²) in [7, 11) is 0. The van der Waals surface area contributed by atoms with Crippen molar-refractivity contribution in [3.05, 3.63) is 22.8 Å². The van der Waals surface area contributed by atoms with E-state index < -0.39 is 12.2 Å². The van der Waals surface area contributed by atoms with Gasteiger partial charge in [-0.05, 0) is 6.07 Å². The lowest BCUT2D eigenvalue weighted by Gasteiger charge is -2.17. The Balaban J connectivity index is 2.99. The number of hydrogen-bond donors (Lipinski definition) is 4. The number of nitrogen functional groups attached to an aromatic ring is 1. The summed E-state index contributed by atoms with van der Waals surface area (Å²) in [5, 5.41) is 19.3. The van der Waals surface area contributed by atoms with Gasteiger partial charge in [-0.2, -0.15) is 12.6 Å². The molecule has 14 heavy (non-hydrogen) atoms. The van der Waals surface area contributed by atoms with Gasteiger partial charge in [0.15, 0.2) is 0 Å². The summed E-state index contributed by atoms with van der Waals surface area (Å²) in [6.45, 7) is 0. The summed E-state index contributed by atoms with van der Waals surface area (Å²) in [5.41, 5.74) is 5.84. The highest BCUT2D eigenvalue weighted by atomic mass is 35.5. The van der Waals surface area contributed by atoms with Crippen LogP contribution in [-0.2, 0) is 0 Å². The van der Waals surface area contributed by atoms with E-state index in [1.54, 1.807) is 0 Å². The van der Waals surface area contributed by atoms with Crippen molar-refractivity contribution in [2.75, 3.05) is 11.5 Å². The Morgan fingerprint density at radius 2 is 2.21 bits per heavy atom. The third kappa shape index (κ3) is 2.51. The van der Waals surface area contributed by atoms with E-state index in [1.807, 2.05) is 0 Å². The van der Waals surface area contributed by atoms with Gasteiger partial charge in [-0.25, -0.2) is 4.98 Å². The van der Waals surface area contributed by atoms with Crippen molar-refractivity contribution >= 4 is 30.0 Å². The molecule has 1 aromatic rings. The molecule has 4 N–H and O–H groups in total. The number of hydrogen-bond acceptors (Lipinski definition) is 5. The molecule has 0 aromatic carbocycles. The Kier molecular flexibility index (Phi) is 4.00. The van der Waals surface area contributed by atoms with E-state index in [-0.39, 0.29) is 11.6 Å². The van der Waals surface area contributed by atoms with Crippen molar-refractivity contribution in [3.63, 3.8) is 0 Å². The molecule has 2 unspecified atom stereocenters. The van der Waals surface area contributed by atoms with Gasteiger partial charge in [-0.15, -0.1) is 0 Å². The first-order chi connectivity index (χ1) is 6.56. The van der Waals surface area contributed by atoms with Gasteiger partial charge in [0.05, 0.1) is 11.1 Å². The average molecular weight is 235 g/mol. The van der Waals surface area contributed by atoms with Gasteiger partial charge in [0.1, 0.15) is 11.9 Å². The molecule has 1 heterocycles. The highest BCUT2D eigenvalue weighted by Gasteiger charge is 2.20. The number of aliphatic hydroxyl groups excluding tert-OH is 2. The molecule has 1 rings (SSSR count). The van der Waals surface area contributed by atoms with Gasteiger partial charge in [-0.1, -0.05) is 11.6 Å². The fourth-order valence-electron chi connectivity index (χ4n) is 1.01. The van der Waals surface area contributed by atoms with Crippen LogP contribution in [0.15, 0.2) is 12.3 Å². The highest BCUT2D eigenvalue weighted by Crippen LogP contribution is 2.24. The molecule has 0 aliphatic carbocycles. The average Bonchev–Trinajstić information content (AvgIpc) is 2.19. The van der Waals surface area contributed by atoms with E-state index >= 15 is 0 Å². The quantitative estimate of drug-likeness (QED) is 0.579. The van der Waals surface area contributed by atoms with Gasteiger partial charge in [0.25, 0.3) is 0 Å². The van der Waals surface area contributed by atoms with Crippen molar-refractivity contribution in [2.45, 2.75) is 12.2 Å². The third-order valence-corrected chi connectivity index (χ3v) is 2.37. The highest BCUT2D eigenvalue weighted by molar-refractivity contribution is 7.80. The number of nitrogens with zero attached hydrogens (tertiary/aromatic N) is 1. The fourth-order valence-corrected chi connectivity index (χ4v) is 1.38. The Bertz CT molecular complexity index is 324. The molecule has 0 fully saturated rings. The van der Waals surface area contributed by atoms with E-state index in [0.717, 1.165) is 0 Å². The van der Waals surface area contributed by atoms with Crippen LogP contribution in [0, 0.1) is 0 Å². The topological polar surface area (TPSA) is 79.4 Å². The Morgan fingerprint density at radius 1 is 1.57 bits per heavy atom. The van der Waals surface area contributed by atoms with Crippen molar-refractivity contribution in [1.82, 2.24) is 4.98 Å². The first kappa shape index (κ1) is 11.6. The van der Waals surface area contributed by atoms with Crippen LogP contribution < -0.4 is 5.73 Å². The molecule has 0 amide bonds. The van der Waals surface area contributed by atoms with Crippen molar-refractivity contribution in [3.8, 4) is 0 Å². The number of pyridine rings is 1. The number of thiol groups is 1. The van der Waals surface area contributed by atoms with Crippen LogP contribution >= 0.6 is 24.2 Å². The van der Waals surface area contributed by atoms with Gasteiger partial charge >= 0.3 is 0 Å². The van der Waals surface area contributed by atoms with Crippen LogP contribution in [0.3, 0.4) is 0 Å². The standard InChI is InChI=1S/C8H11ClN2O2S/c9-4-1-5(8(10)11-2-4)7(13)6(12)3-14/h1-2,6-7,12-14H,3H2,(H2,10,11). The molecule has 0 aliphatic heterocycles. The molecule has 0 saturated carbocycles. The van der Waals surface area contributed by atoms with Crippen LogP contribution in [0.2, 0.25) is 5.02 Å². The number of rotatable bonds is 3. The predicted molar refractivity (Wildman–Crippen MR) is 58.5 cm³/mol. The Hall–Kier alpha value is -0.490. The zero-order valence-corrected chi connectivity index (χ0v) is 8.91. The number of halogens is 1. The minimum Gasteiger partial charge on any atom is -0.389 e. The van der Waals surface area contributed by atoms with Gasteiger partial charge in [0, 0.05) is 17.5 Å². The zero-order chi connectivity index (χ0) is 10.7. The smallest absolute Gasteiger partial charge is 0.129 e. The summed E-state index contributed by atoms with van der Waals surface area (Å²) in [6, 6.07) is 1.47. The Morgan fingerprint density at radius 3 is 2.79 bits per heavy atom. The van der Waals surface area contributed by atoms with Gasteiger partial charge < -0.3 is 15.9 Å². The lowest BCUT2D eigenvalue weighted by Crippen LogP contribution is -2.21. The number of anilines is 1. The van der Waals surface area contributed by atoms with Crippen molar-refractivity contribution in [1.29, 1.82) is 0 Å². The minimum absolute atomic E-state index is 0.132. The van der Waals surface area contributed by atoms with Crippen LogP contribution in [0.5, 0.6) is 0 Å². The molecule has 2 atom stereocenters. The molecule has 0 aliphatic rings. The normalized spacial score (nSPS) is 15.1. The van der Waals surface area contributed by atoms with E-state index in [4.69, 9.17) is 17.3 Å². The van der Waals surface area contributed by atoms with Crippen LogP contribution in [0.25, 0.3) is 0 Å². The monoisotopic (exact) mass is 234 g/mol. The van der Waals surface area contributed by atoms with E-state index in [0.29, 0.717) is 10.6 Å². The third-order valence-electron chi connectivity index (χ3n) is 1.79. The Labute approximate surface area is 92.1 Å². The summed E-state index contributed by atoms with van der Waals surface area (Å²) in [4.78, 5) is 3.77. The maximum atomic E-state index is 9.62. The zero-order valence-electron chi connectivity index (χ0n) is 7.26. The first-order valence-electron chi connectivity index (χ1n) is 3.94. The predicted octanol–water partition coefficient (Wildman–Crippen LogP) is 0.641. The second-order valence-corrected chi connectivity index (χ2v) is 3.62. The SMILES string of the molecule is Nc1ncc(Cl)cc1C(O)C(O)CS. The van der Waals surface area contributed by atoms with E-state index in [2.05, 4.69) is 17.6 Å². The summed E-state index contributed by atoms with van der Waals surface area (Å²) in [6.07, 6.45) is -0.722. The minimum atomic E-state index is -1.11. The first-order valence-corrected chi connectivity index (χ1v) is 4.95. The largest absolute Gasteiger partial charge is 0.389 e. The van der Waals surface area contributed by atoms with E-state index in [1.165, 1.54) is 12.3 Å². The fraction of sp³-hybridized carbons (Fsp3) is 0.375. The number of nitrogens with two attached hydrogens (primary N) is 1. The molecule has 1 aromatic heterocycles. The number of aromatic nitrogens is 1. The van der Waals surface area contributed by atoms with Crippen LogP contribution in [-0.4, -0.2) is 27.1 Å². The molecule has 0 spiro atoms. The molecule has 4 nitrogen and oxygen atoms in total. The molecule has 0 radical (unpaired) electrons. The second kappa shape index (κ2) is 4.84. The number of aliphatic hydroxyl groups is 2. The molecule has 78 valence electrons. The molecular formula is C8H11ClN2O2S. The van der Waals surface area contributed by atoms with Gasteiger partial charge in [0.2, 0.25) is 0 Å². The molecule has 0 saturated heterocycles. The van der Waals surface area contributed by atoms with Crippen LogP contribution in [0.4, 0.5) is 5.82 Å². The van der Waals surface area contributed by atoms with E-state index in [9.17, 15) is 10.2 Å². The van der Waals surface area contributed by atoms with Crippen molar-refractivity contribution in [2.24, 2.45) is 0 Å². The van der Waals surface area contributed by atoms with Crippen molar-refractivity contribution < 1.29 is 10.2 Å². The maximum Gasteiger partial charge on any atom is 0.129 e. The second-order valence-electron chi connectivity index (χ2n) is 2.82. The summed E-state index contributed by atoms with van der Waals surface area (Å²) in [5.74, 6) is 0.287. The summed E-state index contributed by atoms with van der Waals surface area (Å²) >= 11 is 9.54. The lowest BCUT2D eigenvalue weighted by atomic mass is 10.1.